The molecule has 7 heteroatoms. The molecule has 0 spiro atoms. The van der Waals surface area contributed by atoms with Crippen molar-refractivity contribution in [1.29, 1.82) is 0 Å². The van der Waals surface area contributed by atoms with Gasteiger partial charge in [-0.05, 0) is 43.5 Å². The van der Waals surface area contributed by atoms with Crippen molar-refractivity contribution in [3.63, 3.8) is 0 Å². The van der Waals surface area contributed by atoms with E-state index in [1.807, 2.05) is 31.1 Å². The molecule has 156 valence electrons. The van der Waals surface area contributed by atoms with E-state index in [1.54, 1.807) is 0 Å². The minimum atomic E-state index is -0.318. The molecule has 0 saturated carbocycles. The van der Waals surface area contributed by atoms with E-state index < -0.39 is 0 Å². The van der Waals surface area contributed by atoms with Crippen LogP contribution in [0.1, 0.15) is 63.2 Å². The molecule has 1 amide bonds. The third kappa shape index (κ3) is 4.20. The summed E-state index contributed by atoms with van der Waals surface area (Å²) in [5.74, 6) is 2.65. The predicted octanol–water partition coefficient (Wildman–Crippen LogP) is 2.83. The molecule has 0 aliphatic carbocycles. The molecule has 2 aliphatic heterocycles. The summed E-state index contributed by atoms with van der Waals surface area (Å²) < 4.78 is 2.27. The van der Waals surface area contributed by atoms with Crippen molar-refractivity contribution in [3.8, 4) is 0 Å². The first kappa shape index (κ1) is 20.0. The van der Waals surface area contributed by atoms with Crippen LogP contribution in [0.4, 0.5) is 0 Å². The van der Waals surface area contributed by atoms with E-state index in [0.29, 0.717) is 12.5 Å². The van der Waals surface area contributed by atoms with Gasteiger partial charge in [-0.2, -0.15) is 0 Å². The Morgan fingerprint density at radius 3 is 2.72 bits per heavy atom. The summed E-state index contributed by atoms with van der Waals surface area (Å²) in [6.07, 6.45) is 6.89. The Bertz CT molecular complexity index is 846. The number of carbonyl (C=O) groups excluding carboxylic acids is 1. The number of fused-ring (bicyclic) bond motifs is 1. The average Bonchev–Trinajstić information content (AvgIpc) is 3.17. The molecule has 1 saturated heterocycles. The Balaban J connectivity index is 1.44. The maximum absolute atomic E-state index is 12.8. The van der Waals surface area contributed by atoms with Crippen molar-refractivity contribution in [2.45, 2.75) is 65.6 Å². The Kier molecular flexibility index (Phi) is 5.67. The SMILES string of the molecule is CCC(C)(C)C(=O)N1CCn2c(nnc2C2CCCN(Cc3ccncc3)C2)C1. The quantitative estimate of drug-likeness (QED) is 0.777. The topological polar surface area (TPSA) is 67.2 Å². The monoisotopic (exact) mass is 396 g/mol. The molecule has 0 radical (unpaired) electrons. The normalized spacial score (nSPS) is 20.5. The van der Waals surface area contributed by atoms with Gasteiger partial charge in [-0.1, -0.05) is 20.8 Å². The molecule has 2 aromatic heterocycles. The standard InChI is InChI=1S/C22H32N6O/c1-4-22(2,3)21(29)27-12-13-28-19(16-27)24-25-20(28)18-6-5-11-26(15-18)14-17-7-9-23-10-8-17/h7-10,18H,4-6,11-16H2,1-3H3. The zero-order valence-electron chi connectivity index (χ0n) is 17.8. The Labute approximate surface area is 173 Å². The van der Waals surface area contributed by atoms with E-state index in [9.17, 15) is 4.79 Å². The van der Waals surface area contributed by atoms with Gasteiger partial charge < -0.3 is 9.47 Å². The van der Waals surface area contributed by atoms with Gasteiger partial charge in [-0.25, -0.2) is 0 Å². The zero-order valence-corrected chi connectivity index (χ0v) is 17.8. The van der Waals surface area contributed by atoms with E-state index in [1.165, 1.54) is 12.0 Å². The highest BCUT2D eigenvalue weighted by atomic mass is 16.2. The fourth-order valence-corrected chi connectivity index (χ4v) is 4.39. The largest absolute Gasteiger partial charge is 0.333 e. The summed E-state index contributed by atoms with van der Waals surface area (Å²) in [6.45, 7) is 11.3. The molecule has 1 atom stereocenters. The number of likely N-dealkylation sites (tertiary alicyclic amines) is 1. The van der Waals surface area contributed by atoms with Crippen LogP contribution in [-0.4, -0.2) is 55.1 Å². The Morgan fingerprint density at radius 2 is 1.97 bits per heavy atom. The van der Waals surface area contributed by atoms with Crippen LogP contribution in [0.2, 0.25) is 0 Å². The van der Waals surface area contributed by atoms with Crippen molar-refractivity contribution in [1.82, 2.24) is 29.5 Å². The smallest absolute Gasteiger partial charge is 0.228 e. The average molecular weight is 397 g/mol. The lowest BCUT2D eigenvalue weighted by Crippen LogP contribution is -2.45. The summed E-state index contributed by atoms with van der Waals surface area (Å²) in [7, 11) is 0. The molecular weight excluding hydrogens is 364 g/mol. The first-order chi connectivity index (χ1) is 14.0. The third-order valence-electron chi connectivity index (χ3n) is 6.56. The van der Waals surface area contributed by atoms with Crippen molar-refractivity contribution in [2.75, 3.05) is 19.6 Å². The second-order valence-corrected chi connectivity index (χ2v) is 9.02. The van der Waals surface area contributed by atoms with Crippen molar-refractivity contribution in [3.05, 3.63) is 41.7 Å². The van der Waals surface area contributed by atoms with Gasteiger partial charge in [0.05, 0.1) is 6.54 Å². The fraction of sp³-hybridized carbons (Fsp3) is 0.636. The van der Waals surface area contributed by atoms with Crippen LogP contribution in [0.3, 0.4) is 0 Å². The minimum absolute atomic E-state index is 0.219. The van der Waals surface area contributed by atoms with Gasteiger partial charge in [0.25, 0.3) is 0 Å². The van der Waals surface area contributed by atoms with Gasteiger partial charge >= 0.3 is 0 Å². The van der Waals surface area contributed by atoms with Crippen molar-refractivity contribution in [2.24, 2.45) is 5.41 Å². The highest BCUT2D eigenvalue weighted by Gasteiger charge is 2.34. The minimum Gasteiger partial charge on any atom is -0.333 e. The molecule has 4 rings (SSSR count). The first-order valence-electron chi connectivity index (χ1n) is 10.8. The van der Waals surface area contributed by atoms with Gasteiger partial charge in [0, 0.05) is 49.9 Å². The lowest BCUT2D eigenvalue weighted by Gasteiger charge is -2.35. The Hall–Kier alpha value is -2.28. The summed E-state index contributed by atoms with van der Waals surface area (Å²) in [5.41, 5.74) is 0.985. The molecule has 0 N–H and O–H groups in total. The van der Waals surface area contributed by atoms with E-state index in [-0.39, 0.29) is 11.3 Å². The second kappa shape index (κ2) is 8.22. The molecule has 7 nitrogen and oxygen atoms in total. The number of carbonyl (C=O) groups is 1. The molecular formula is C22H32N6O. The molecule has 1 fully saturated rings. The van der Waals surface area contributed by atoms with E-state index in [2.05, 4.69) is 43.7 Å². The summed E-state index contributed by atoms with van der Waals surface area (Å²) in [4.78, 5) is 21.4. The third-order valence-corrected chi connectivity index (χ3v) is 6.56. The molecule has 4 heterocycles. The highest BCUT2D eigenvalue weighted by Crippen LogP contribution is 2.30. The number of aromatic nitrogens is 4. The van der Waals surface area contributed by atoms with Crippen LogP contribution in [0.15, 0.2) is 24.5 Å². The van der Waals surface area contributed by atoms with E-state index in [0.717, 1.165) is 57.2 Å². The Morgan fingerprint density at radius 1 is 1.17 bits per heavy atom. The van der Waals surface area contributed by atoms with Crippen LogP contribution < -0.4 is 0 Å². The van der Waals surface area contributed by atoms with Crippen molar-refractivity contribution < 1.29 is 4.79 Å². The van der Waals surface area contributed by atoms with Gasteiger partial charge in [-0.15, -0.1) is 10.2 Å². The van der Waals surface area contributed by atoms with Gasteiger partial charge in [-0.3, -0.25) is 14.7 Å². The lowest BCUT2D eigenvalue weighted by atomic mass is 9.88. The number of nitrogens with zero attached hydrogens (tertiary/aromatic N) is 6. The number of piperidine rings is 1. The number of hydrogen-bond donors (Lipinski definition) is 0. The van der Waals surface area contributed by atoms with Gasteiger partial charge in [0.15, 0.2) is 5.82 Å². The summed E-state index contributed by atoms with van der Waals surface area (Å²) in [6, 6.07) is 4.18. The summed E-state index contributed by atoms with van der Waals surface area (Å²) in [5, 5.41) is 9.05. The fourth-order valence-electron chi connectivity index (χ4n) is 4.39. The number of hydrogen-bond acceptors (Lipinski definition) is 5. The lowest BCUT2D eigenvalue weighted by molar-refractivity contribution is -0.142. The molecule has 2 aromatic rings. The molecule has 0 bridgehead atoms. The summed E-state index contributed by atoms with van der Waals surface area (Å²) >= 11 is 0. The van der Waals surface area contributed by atoms with Gasteiger partial charge in [0.1, 0.15) is 5.82 Å². The second-order valence-electron chi connectivity index (χ2n) is 9.02. The van der Waals surface area contributed by atoms with Crippen LogP contribution in [-0.2, 0) is 24.4 Å². The molecule has 29 heavy (non-hydrogen) atoms. The number of amides is 1. The zero-order chi connectivity index (χ0) is 20.4. The maximum Gasteiger partial charge on any atom is 0.228 e. The van der Waals surface area contributed by atoms with Crippen molar-refractivity contribution >= 4 is 5.91 Å². The van der Waals surface area contributed by atoms with E-state index >= 15 is 0 Å². The van der Waals surface area contributed by atoms with E-state index in [4.69, 9.17) is 0 Å². The van der Waals surface area contributed by atoms with Crippen LogP contribution in [0.25, 0.3) is 0 Å². The van der Waals surface area contributed by atoms with Crippen LogP contribution >= 0.6 is 0 Å². The maximum atomic E-state index is 12.8. The van der Waals surface area contributed by atoms with Gasteiger partial charge in [0.2, 0.25) is 5.91 Å². The van der Waals surface area contributed by atoms with Crippen LogP contribution in [0.5, 0.6) is 0 Å². The molecule has 2 aliphatic rings. The number of rotatable bonds is 5. The number of pyridine rings is 1. The first-order valence-corrected chi connectivity index (χ1v) is 10.8. The molecule has 1 unspecified atom stereocenters. The highest BCUT2D eigenvalue weighted by molar-refractivity contribution is 5.81. The van der Waals surface area contributed by atoms with Crippen LogP contribution in [0, 0.1) is 5.41 Å². The molecule has 0 aromatic carbocycles. The predicted molar refractivity (Wildman–Crippen MR) is 111 cm³/mol.